The third-order valence-electron chi connectivity index (χ3n) is 5.54. The number of hydrogen-bond acceptors (Lipinski definition) is 5. The first-order chi connectivity index (χ1) is 14.7. The zero-order valence-electron chi connectivity index (χ0n) is 17.1. The molecule has 0 unspecified atom stereocenters. The van der Waals surface area contributed by atoms with Crippen molar-refractivity contribution in [2.45, 2.75) is 13.0 Å². The number of aromatic nitrogens is 1. The number of anilines is 2. The quantitative estimate of drug-likeness (QED) is 0.356. The van der Waals surface area contributed by atoms with Gasteiger partial charge < -0.3 is 20.5 Å². The van der Waals surface area contributed by atoms with Crippen LogP contribution in [0.5, 0.6) is 0 Å². The Hall–Kier alpha value is -3.38. The van der Waals surface area contributed by atoms with E-state index in [0.717, 1.165) is 54.9 Å². The van der Waals surface area contributed by atoms with Crippen LogP contribution in [0.3, 0.4) is 0 Å². The molecule has 0 aliphatic carbocycles. The number of nitrogens with zero attached hydrogens (tertiary/aromatic N) is 1. The maximum absolute atomic E-state index is 11.9. The van der Waals surface area contributed by atoms with Gasteiger partial charge >= 0.3 is 0 Å². The predicted molar refractivity (Wildman–Crippen MR) is 122 cm³/mol. The molecule has 3 N–H and O–H groups in total. The second-order valence-corrected chi connectivity index (χ2v) is 7.28. The number of rotatable bonds is 3. The molecule has 2 aromatic carbocycles. The Morgan fingerprint density at radius 3 is 2.83 bits per heavy atom. The highest BCUT2D eigenvalue weighted by atomic mass is 16.2. The Morgan fingerprint density at radius 1 is 1.13 bits per heavy atom. The molecule has 0 fully saturated rings. The molecule has 2 aliphatic rings. The largest absolute Gasteiger partial charge is 0.386 e. The predicted octanol–water partition coefficient (Wildman–Crippen LogP) is 3.34. The molecular formula is C24H26N4O2. The SMILES string of the molecule is CNc1cccc2c1NCC=C2.O=CC(=O)c1c2n(c3ccccc13)CCNCC2. The molecule has 30 heavy (non-hydrogen) atoms. The van der Waals surface area contributed by atoms with Crippen molar-refractivity contribution in [3.63, 3.8) is 0 Å². The van der Waals surface area contributed by atoms with Crippen LogP contribution < -0.4 is 16.0 Å². The number of benzene rings is 2. The summed E-state index contributed by atoms with van der Waals surface area (Å²) in [7, 11) is 1.94. The standard InChI is InChI=1S/C14H14N2O2.C10H12N2/c17-9-13(18)14-10-3-1-2-4-11(10)16-8-7-15-6-5-12(14)16;1-11-9-6-2-4-8-5-3-7-12-10(8)9/h1-4,9,15H,5-8H2;2-6,11-12H,7H2,1H3. The van der Waals surface area contributed by atoms with Crippen molar-refractivity contribution >= 4 is 40.4 Å². The molecular weight excluding hydrogens is 376 g/mol. The molecule has 2 aliphatic heterocycles. The van der Waals surface area contributed by atoms with E-state index >= 15 is 0 Å². The summed E-state index contributed by atoms with van der Waals surface area (Å²) in [4.78, 5) is 22.7. The van der Waals surface area contributed by atoms with E-state index in [9.17, 15) is 9.59 Å². The summed E-state index contributed by atoms with van der Waals surface area (Å²) in [6, 6.07) is 14.0. The lowest BCUT2D eigenvalue weighted by Crippen LogP contribution is -2.17. The Kier molecular flexibility index (Phi) is 5.95. The monoisotopic (exact) mass is 402 g/mol. The fourth-order valence-electron chi connectivity index (χ4n) is 4.19. The van der Waals surface area contributed by atoms with Crippen LogP contribution in [0.15, 0.2) is 48.5 Å². The minimum atomic E-state index is -0.415. The molecule has 0 radical (unpaired) electrons. The molecule has 154 valence electrons. The van der Waals surface area contributed by atoms with Crippen LogP contribution in [0, 0.1) is 0 Å². The van der Waals surface area contributed by atoms with Gasteiger partial charge in [0.15, 0.2) is 6.29 Å². The van der Waals surface area contributed by atoms with Crippen LogP contribution in [-0.2, 0) is 17.8 Å². The van der Waals surface area contributed by atoms with Gasteiger partial charge in [-0.15, -0.1) is 0 Å². The van der Waals surface area contributed by atoms with Crippen molar-refractivity contribution in [1.82, 2.24) is 9.88 Å². The Morgan fingerprint density at radius 2 is 2.00 bits per heavy atom. The van der Waals surface area contributed by atoms with Gasteiger partial charge in [0.25, 0.3) is 0 Å². The minimum Gasteiger partial charge on any atom is -0.386 e. The van der Waals surface area contributed by atoms with E-state index in [1.54, 1.807) is 0 Å². The summed E-state index contributed by atoms with van der Waals surface area (Å²) in [5.41, 5.74) is 6.25. The second kappa shape index (κ2) is 8.97. The summed E-state index contributed by atoms with van der Waals surface area (Å²) >= 11 is 0. The fourth-order valence-corrected chi connectivity index (χ4v) is 4.19. The molecule has 1 aromatic heterocycles. The van der Waals surface area contributed by atoms with Gasteiger partial charge in [-0.2, -0.15) is 0 Å². The van der Waals surface area contributed by atoms with E-state index in [-0.39, 0.29) is 0 Å². The van der Waals surface area contributed by atoms with E-state index in [1.165, 1.54) is 11.3 Å². The van der Waals surface area contributed by atoms with Crippen LogP contribution in [0.2, 0.25) is 0 Å². The highest BCUT2D eigenvalue weighted by Crippen LogP contribution is 2.29. The van der Waals surface area contributed by atoms with E-state index in [1.807, 2.05) is 31.3 Å². The number of Topliss-reactive ketones (excluding diaryl/α,β-unsaturated/α-hetero) is 1. The van der Waals surface area contributed by atoms with Crippen molar-refractivity contribution in [3.8, 4) is 0 Å². The highest BCUT2D eigenvalue weighted by molar-refractivity contribution is 6.37. The average Bonchev–Trinajstić information content (AvgIpc) is 2.94. The number of ketones is 1. The highest BCUT2D eigenvalue weighted by Gasteiger charge is 2.22. The molecule has 0 atom stereocenters. The first-order valence-corrected chi connectivity index (χ1v) is 10.3. The zero-order valence-corrected chi connectivity index (χ0v) is 17.1. The zero-order chi connectivity index (χ0) is 20.9. The molecule has 0 spiro atoms. The summed E-state index contributed by atoms with van der Waals surface area (Å²) in [5, 5.41) is 10.7. The van der Waals surface area contributed by atoms with Gasteiger partial charge in [0.2, 0.25) is 5.78 Å². The van der Waals surface area contributed by atoms with Gasteiger partial charge in [-0.3, -0.25) is 9.59 Å². The van der Waals surface area contributed by atoms with Crippen LogP contribution >= 0.6 is 0 Å². The second-order valence-electron chi connectivity index (χ2n) is 7.28. The van der Waals surface area contributed by atoms with Crippen LogP contribution in [-0.4, -0.2) is 43.3 Å². The summed E-state index contributed by atoms with van der Waals surface area (Å²) in [5.74, 6) is -0.415. The van der Waals surface area contributed by atoms with E-state index in [4.69, 9.17) is 0 Å². The van der Waals surface area contributed by atoms with Crippen molar-refractivity contribution in [2.24, 2.45) is 0 Å². The van der Waals surface area contributed by atoms with E-state index in [2.05, 4.69) is 50.9 Å². The number of para-hydroxylation sites is 2. The number of hydrogen-bond donors (Lipinski definition) is 3. The van der Waals surface area contributed by atoms with Gasteiger partial charge in [0, 0.05) is 56.2 Å². The molecule has 0 saturated carbocycles. The number of carbonyl (C=O) groups excluding carboxylic acids is 2. The third kappa shape index (κ3) is 3.74. The van der Waals surface area contributed by atoms with Gasteiger partial charge in [-0.25, -0.2) is 0 Å². The van der Waals surface area contributed by atoms with Crippen molar-refractivity contribution < 1.29 is 9.59 Å². The number of fused-ring (bicyclic) bond motifs is 4. The van der Waals surface area contributed by atoms with Crippen molar-refractivity contribution in [2.75, 3.05) is 37.3 Å². The summed E-state index contributed by atoms with van der Waals surface area (Å²) in [6.07, 6.45) is 5.47. The van der Waals surface area contributed by atoms with Gasteiger partial charge in [0.1, 0.15) is 0 Å². The maximum Gasteiger partial charge on any atom is 0.227 e. The first kappa shape index (κ1) is 19.9. The number of aldehydes is 1. The van der Waals surface area contributed by atoms with Crippen LogP contribution in [0.1, 0.15) is 21.6 Å². The molecule has 5 rings (SSSR count). The van der Waals surface area contributed by atoms with Crippen LogP contribution in [0.4, 0.5) is 11.4 Å². The lowest BCUT2D eigenvalue weighted by molar-refractivity contribution is -0.104. The normalized spacial score (nSPS) is 14.4. The Labute approximate surface area is 176 Å². The molecule has 0 bridgehead atoms. The van der Waals surface area contributed by atoms with Gasteiger partial charge in [-0.1, -0.05) is 42.5 Å². The lowest BCUT2D eigenvalue weighted by Gasteiger charge is -2.16. The van der Waals surface area contributed by atoms with E-state index < -0.39 is 5.78 Å². The Bertz CT molecular complexity index is 1110. The molecule has 0 amide bonds. The smallest absolute Gasteiger partial charge is 0.227 e. The lowest BCUT2D eigenvalue weighted by atomic mass is 10.1. The molecule has 0 saturated heterocycles. The number of nitrogens with one attached hydrogen (secondary N) is 3. The third-order valence-corrected chi connectivity index (χ3v) is 5.54. The molecule has 6 heteroatoms. The first-order valence-electron chi connectivity index (χ1n) is 10.3. The number of carbonyl (C=O) groups is 2. The average molecular weight is 402 g/mol. The molecule has 6 nitrogen and oxygen atoms in total. The summed E-state index contributed by atoms with van der Waals surface area (Å²) in [6.45, 7) is 3.49. The minimum absolute atomic E-state index is 0.415. The Balaban J connectivity index is 0.000000158. The summed E-state index contributed by atoms with van der Waals surface area (Å²) < 4.78 is 2.16. The topological polar surface area (TPSA) is 75.2 Å². The van der Waals surface area contributed by atoms with Gasteiger partial charge in [0.05, 0.1) is 16.9 Å². The van der Waals surface area contributed by atoms with Gasteiger partial charge in [-0.05, 0) is 17.7 Å². The molecule has 3 aromatic rings. The maximum atomic E-state index is 11.9. The molecule has 3 heterocycles. The fraction of sp³-hybridized carbons (Fsp3) is 0.250. The van der Waals surface area contributed by atoms with E-state index in [0.29, 0.717) is 11.8 Å². The van der Waals surface area contributed by atoms with Crippen molar-refractivity contribution in [3.05, 3.63) is 65.4 Å². The van der Waals surface area contributed by atoms with Crippen LogP contribution in [0.25, 0.3) is 17.0 Å². The van der Waals surface area contributed by atoms with Crippen molar-refractivity contribution in [1.29, 1.82) is 0 Å².